The molecular formula is C24H18S2. The highest BCUT2D eigenvalue weighted by Crippen LogP contribution is 2.13. The van der Waals surface area contributed by atoms with E-state index in [-0.39, 0.29) is 0 Å². The SMILES string of the molecule is CCc1cc(C#Cc2ccc(S)cc2)ccc1C#Cc1ccc(S)cc1. The minimum Gasteiger partial charge on any atom is -0.143 e. The maximum atomic E-state index is 4.30. The molecule has 3 aromatic carbocycles. The van der Waals surface area contributed by atoms with Crippen LogP contribution < -0.4 is 0 Å². The van der Waals surface area contributed by atoms with Gasteiger partial charge in [-0.3, -0.25) is 0 Å². The van der Waals surface area contributed by atoms with E-state index in [2.05, 4.69) is 68.0 Å². The van der Waals surface area contributed by atoms with Crippen LogP contribution in [0.5, 0.6) is 0 Å². The van der Waals surface area contributed by atoms with Crippen LogP contribution >= 0.6 is 25.3 Å². The van der Waals surface area contributed by atoms with Crippen LogP contribution in [0.2, 0.25) is 0 Å². The summed E-state index contributed by atoms with van der Waals surface area (Å²) in [4.78, 5) is 1.88. The average Bonchev–Trinajstić information content (AvgIpc) is 2.67. The van der Waals surface area contributed by atoms with Gasteiger partial charge in [0.05, 0.1) is 0 Å². The van der Waals surface area contributed by atoms with Crippen molar-refractivity contribution in [2.45, 2.75) is 23.1 Å². The Kier molecular flexibility index (Phi) is 6.13. The first-order chi connectivity index (χ1) is 12.6. The lowest BCUT2D eigenvalue weighted by atomic mass is 10.0. The van der Waals surface area contributed by atoms with E-state index in [0.717, 1.165) is 38.5 Å². The molecule has 0 bridgehead atoms. The molecule has 0 N–H and O–H groups in total. The second-order valence-corrected chi connectivity index (χ2v) is 6.85. The molecule has 0 nitrogen and oxygen atoms in total. The second-order valence-electron chi connectivity index (χ2n) is 5.82. The van der Waals surface area contributed by atoms with Gasteiger partial charge in [0.1, 0.15) is 0 Å². The third kappa shape index (κ3) is 4.99. The Morgan fingerprint density at radius 3 is 1.62 bits per heavy atom. The molecule has 0 heterocycles. The number of rotatable bonds is 1. The van der Waals surface area contributed by atoms with Gasteiger partial charge in [-0.1, -0.05) is 30.6 Å². The number of benzene rings is 3. The molecule has 2 heteroatoms. The second kappa shape index (κ2) is 8.72. The Balaban J connectivity index is 1.84. The molecule has 0 aliphatic carbocycles. The zero-order valence-electron chi connectivity index (χ0n) is 14.5. The van der Waals surface area contributed by atoms with Gasteiger partial charge in [0.2, 0.25) is 0 Å². The molecule has 0 aliphatic rings. The van der Waals surface area contributed by atoms with E-state index in [9.17, 15) is 0 Å². The topological polar surface area (TPSA) is 0 Å². The smallest absolute Gasteiger partial charge is 0.0281 e. The highest BCUT2D eigenvalue weighted by molar-refractivity contribution is 7.80. The van der Waals surface area contributed by atoms with Gasteiger partial charge in [-0.25, -0.2) is 0 Å². The Morgan fingerprint density at radius 1 is 0.615 bits per heavy atom. The van der Waals surface area contributed by atoms with Gasteiger partial charge < -0.3 is 0 Å². The Hall–Kier alpha value is -2.52. The highest BCUT2D eigenvalue weighted by Gasteiger charge is 1.99. The summed E-state index contributed by atoms with van der Waals surface area (Å²) >= 11 is 8.59. The van der Waals surface area contributed by atoms with Crippen LogP contribution in [0, 0.1) is 23.7 Å². The van der Waals surface area contributed by atoms with Crippen LogP contribution in [-0.2, 0) is 6.42 Å². The Bertz CT molecular complexity index is 1020. The Morgan fingerprint density at radius 2 is 1.08 bits per heavy atom. The lowest BCUT2D eigenvalue weighted by Gasteiger charge is -2.02. The van der Waals surface area contributed by atoms with Crippen LogP contribution in [0.15, 0.2) is 76.5 Å². The summed E-state index contributed by atoms with van der Waals surface area (Å²) in [6.07, 6.45) is 0.920. The van der Waals surface area contributed by atoms with Gasteiger partial charge in [0, 0.05) is 32.0 Å². The van der Waals surface area contributed by atoms with Crippen molar-refractivity contribution in [2.24, 2.45) is 0 Å². The molecule has 0 radical (unpaired) electrons. The van der Waals surface area contributed by atoms with Gasteiger partial charge >= 0.3 is 0 Å². The third-order valence-electron chi connectivity index (χ3n) is 3.91. The zero-order valence-corrected chi connectivity index (χ0v) is 16.2. The minimum atomic E-state index is 0.920. The van der Waals surface area contributed by atoms with E-state index in [1.807, 2.05) is 54.6 Å². The van der Waals surface area contributed by atoms with E-state index in [1.165, 1.54) is 5.56 Å². The summed E-state index contributed by atoms with van der Waals surface area (Å²) in [7, 11) is 0. The van der Waals surface area contributed by atoms with E-state index < -0.39 is 0 Å². The van der Waals surface area contributed by atoms with Crippen LogP contribution in [0.1, 0.15) is 34.7 Å². The van der Waals surface area contributed by atoms with E-state index in [0.29, 0.717) is 0 Å². The molecule has 0 amide bonds. The molecule has 0 spiro atoms. The largest absolute Gasteiger partial charge is 0.143 e. The maximum Gasteiger partial charge on any atom is 0.0281 e. The van der Waals surface area contributed by atoms with E-state index in [1.54, 1.807) is 0 Å². The lowest BCUT2D eigenvalue weighted by Crippen LogP contribution is -1.89. The predicted octanol–water partition coefficient (Wildman–Crippen LogP) is 5.63. The fourth-order valence-corrected chi connectivity index (χ4v) is 2.76. The fourth-order valence-electron chi connectivity index (χ4n) is 2.46. The normalized spacial score (nSPS) is 9.65. The molecule has 26 heavy (non-hydrogen) atoms. The lowest BCUT2D eigenvalue weighted by molar-refractivity contribution is 1.13. The molecule has 3 rings (SSSR count). The van der Waals surface area contributed by atoms with Gasteiger partial charge in [0.15, 0.2) is 0 Å². The number of aryl methyl sites for hydroxylation is 1. The van der Waals surface area contributed by atoms with Crippen LogP contribution in [0.4, 0.5) is 0 Å². The van der Waals surface area contributed by atoms with Gasteiger partial charge in [0.25, 0.3) is 0 Å². The summed E-state index contributed by atoms with van der Waals surface area (Å²) in [6, 6.07) is 21.9. The van der Waals surface area contributed by atoms with Crippen LogP contribution in [0.25, 0.3) is 0 Å². The van der Waals surface area contributed by atoms with Crippen molar-refractivity contribution < 1.29 is 0 Å². The molecule has 3 aromatic rings. The molecule has 126 valence electrons. The number of thiol groups is 2. The monoisotopic (exact) mass is 370 g/mol. The quantitative estimate of drug-likeness (QED) is 0.403. The van der Waals surface area contributed by atoms with Crippen molar-refractivity contribution in [2.75, 3.05) is 0 Å². The number of hydrogen-bond acceptors (Lipinski definition) is 2. The molecule has 0 atom stereocenters. The summed E-state index contributed by atoms with van der Waals surface area (Å²) < 4.78 is 0. The summed E-state index contributed by atoms with van der Waals surface area (Å²) in [6.45, 7) is 2.14. The molecule has 0 saturated heterocycles. The van der Waals surface area contributed by atoms with Crippen molar-refractivity contribution in [3.63, 3.8) is 0 Å². The van der Waals surface area contributed by atoms with Crippen LogP contribution in [-0.4, -0.2) is 0 Å². The molecule has 0 unspecified atom stereocenters. The zero-order chi connectivity index (χ0) is 18.4. The molecule has 0 aromatic heterocycles. The standard InChI is InChI=1S/C24H18S2/c1-2-21-17-20(4-3-18-7-13-23(25)14-8-18)6-12-22(21)11-5-19-9-15-24(26)16-10-19/h6-10,12-17,25-26H,2H2,1H3. The highest BCUT2D eigenvalue weighted by atomic mass is 32.1. The first kappa shape index (κ1) is 18.3. The van der Waals surface area contributed by atoms with Gasteiger partial charge in [-0.05, 0) is 78.7 Å². The van der Waals surface area contributed by atoms with Crippen molar-refractivity contribution in [3.8, 4) is 23.7 Å². The van der Waals surface area contributed by atoms with Crippen molar-refractivity contribution >= 4 is 25.3 Å². The summed E-state index contributed by atoms with van der Waals surface area (Å²) in [5.74, 6) is 12.9. The predicted molar refractivity (Wildman–Crippen MR) is 115 cm³/mol. The fraction of sp³-hybridized carbons (Fsp3) is 0.0833. The van der Waals surface area contributed by atoms with Crippen molar-refractivity contribution in [1.29, 1.82) is 0 Å². The first-order valence-electron chi connectivity index (χ1n) is 8.39. The molecule has 0 fully saturated rings. The average molecular weight is 371 g/mol. The van der Waals surface area contributed by atoms with Crippen molar-refractivity contribution in [3.05, 3.63) is 94.5 Å². The molecule has 0 saturated carbocycles. The summed E-state index contributed by atoms with van der Waals surface area (Å²) in [5, 5.41) is 0. The third-order valence-corrected chi connectivity index (χ3v) is 4.51. The van der Waals surface area contributed by atoms with Gasteiger partial charge in [-0.15, -0.1) is 25.3 Å². The van der Waals surface area contributed by atoms with Gasteiger partial charge in [-0.2, -0.15) is 0 Å². The van der Waals surface area contributed by atoms with E-state index >= 15 is 0 Å². The Labute approximate surface area is 166 Å². The minimum absolute atomic E-state index is 0.920. The first-order valence-corrected chi connectivity index (χ1v) is 9.28. The summed E-state index contributed by atoms with van der Waals surface area (Å²) in [5.41, 5.74) is 5.23. The molecule has 0 aliphatic heterocycles. The maximum absolute atomic E-state index is 4.30. The number of hydrogen-bond donors (Lipinski definition) is 2. The van der Waals surface area contributed by atoms with Crippen molar-refractivity contribution in [1.82, 2.24) is 0 Å². The van der Waals surface area contributed by atoms with Crippen LogP contribution in [0.3, 0.4) is 0 Å². The molecular weight excluding hydrogens is 352 g/mol. The van der Waals surface area contributed by atoms with E-state index in [4.69, 9.17) is 0 Å².